The summed E-state index contributed by atoms with van der Waals surface area (Å²) in [5.41, 5.74) is 16.1. The van der Waals surface area contributed by atoms with Gasteiger partial charge < -0.3 is 4.90 Å². The Hall–Kier alpha value is -4.62. The van der Waals surface area contributed by atoms with Crippen LogP contribution >= 0.6 is 0 Å². The fourth-order valence-corrected chi connectivity index (χ4v) is 7.10. The number of rotatable bonds is 3. The van der Waals surface area contributed by atoms with Crippen LogP contribution in [-0.2, 0) is 5.41 Å². The van der Waals surface area contributed by atoms with Crippen LogP contribution in [0.3, 0.4) is 0 Å². The highest BCUT2D eigenvalue weighted by Gasteiger charge is 2.42. The second-order valence-electron chi connectivity index (χ2n) is 11.8. The van der Waals surface area contributed by atoms with Crippen molar-refractivity contribution in [3.8, 4) is 22.3 Å². The van der Waals surface area contributed by atoms with Crippen molar-refractivity contribution in [2.75, 3.05) is 4.90 Å². The average Bonchev–Trinajstić information content (AvgIpc) is 3.45. The smallest absolute Gasteiger partial charge is 0.0501 e. The van der Waals surface area contributed by atoms with Crippen LogP contribution in [0.5, 0.6) is 0 Å². The maximum Gasteiger partial charge on any atom is 0.0501 e. The minimum atomic E-state index is -0.0809. The molecule has 0 spiro atoms. The maximum atomic E-state index is 2.52. The van der Waals surface area contributed by atoms with Crippen LogP contribution in [0.25, 0.3) is 27.8 Å². The topological polar surface area (TPSA) is 3.24 Å². The highest BCUT2D eigenvalue weighted by atomic mass is 15.2. The molecule has 0 amide bonds. The van der Waals surface area contributed by atoms with Gasteiger partial charge in [0.15, 0.2) is 0 Å². The Balaban J connectivity index is 1.29. The average molecular weight is 514 g/mol. The van der Waals surface area contributed by atoms with Gasteiger partial charge in [0.2, 0.25) is 0 Å². The zero-order chi connectivity index (χ0) is 26.8. The van der Waals surface area contributed by atoms with Crippen molar-refractivity contribution in [2.24, 2.45) is 0 Å². The molecule has 0 saturated heterocycles. The Kier molecular flexibility index (Phi) is 5.06. The van der Waals surface area contributed by atoms with E-state index in [0.717, 1.165) is 6.42 Å². The Morgan fingerprint density at radius 2 is 1.27 bits per heavy atom. The lowest BCUT2D eigenvalue weighted by atomic mass is 9.80. The van der Waals surface area contributed by atoms with Gasteiger partial charge in [0, 0.05) is 22.7 Å². The van der Waals surface area contributed by atoms with E-state index in [9.17, 15) is 0 Å². The van der Waals surface area contributed by atoms with Crippen molar-refractivity contribution in [3.05, 3.63) is 161 Å². The minimum Gasteiger partial charge on any atom is -0.313 e. The van der Waals surface area contributed by atoms with Gasteiger partial charge in [-0.15, -0.1) is 0 Å². The van der Waals surface area contributed by atoms with E-state index in [0.29, 0.717) is 5.92 Å². The summed E-state index contributed by atoms with van der Waals surface area (Å²) in [7, 11) is 0. The molecule has 8 rings (SSSR count). The lowest BCUT2D eigenvalue weighted by molar-refractivity contribution is 0.660. The third kappa shape index (κ3) is 3.41. The van der Waals surface area contributed by atoms with Crippen molar-refractivity contribution in [3.63, 3.8) is 0 Å². The Morgan fingerprint density at radius 3 is 2.00 bits per heavy atom. The van der Waals surface area contributed by atoms with Gasteiger partial charge in [-0.2, -0.15) is 0 Å². The molecule has 1 atom stereocenters. The first-order valence-corrected chi connectivity index (χ1v) is 14.3. The van der Waals surface area contributed by atoms with Crippen LogP contribution in [0.4, 0.5) is 11.4 Å². The zero-order valence-electron chi connectivity index (χ0n) is 22.9. The summed E-state index contributed by atoms with van der Waals surface area (Å²) < 4.78 is 0. The van der Waals surface area contributed by atoms with Crippen LogP contribution in [-0.4, -0.2) is 0 Å². The first-order valence-electron chi connectivity index (χ1n) is 14.3. The molecular formula is C39H31N. The number of para-hydroxylation sites is 1. The molecule has 2 aliphatic carbocycles. The quantitative estimate of drug-likeness (QED) is 0.232. The minimum absolute atomic E-state index is 0.0809. The van der Waals surface area contributed by atoms with Crippen LogP contribution in [0.15, 0.2) is 139 Å². The molecule has 192 valence electrons. The zero-order valence-corrected chi connectivity index (χ0v) is 22.9. The van der Waals surface area contributed by atoms with E-state index in [2.05, 4.69) is 152 Å². The first-order chi connectivity index (χ1) is 19.6. The van der Waals surface area contributed by atoms with Crippen LogP contribution in [0.1, 0.15) is 48.4 Å². The van der Waals surface area contributed by atoms with E-state index in [1.165, 1.54) is 67.2 Å². The van der Waals surface area contributed by atoms with Gasteiger partial charge in [0.05, 0.1) is 5.69 Å². The highest BCUT2D eigenvalue weighted by molar-refractivity contribution is 5.91. The van der Waals surface area contributed by atoms with E-state index >= 15 is 0 Å². The summed E-state index contributed by atoms with van der Waals surface area (Å²) in [5, 5.41) is 0. The third-order valence-corrected chi connectivity index (χ3v) is 9.16. The van der Waals surface area contributed by atoms with Crippen molar-refractivity contribution < 1.29 is 0 Å². The number of anilines is 2. The number of benzene rings is 5. The molecule has 0 aromatic heterocycles. The van der Waals surface area contributed by atoms with Crippen LogP contribution in [0.2, 0.25) is 0 Å². The molecule has 40 heavy (non-hydrogen) atoms. The van der Waals surface area contributed by atoms with Gasteiger partial charge in [-0.25, -0.2) is 0 Å². The molecule has 1 aliphatic heterocycles. The van der Waals surface area contributed by atoms with E-state index in [-0.39, 0.29) is 5.41 Å². The standard InChI is InChI=1S/C39H31N/c1-39(2)35-22-28(26-12-6-3-7-13-26)18-20-31(35)33-24-34-32-21-19-29(27-14-8-4-9-15-27)23-37(32)40(38(34)25-36(33)39)30-16-10-5-11-17-30/h3-20,22-25,32H,21H2,1-2H3. The number of nitrogens with zero attached hydrogens (tertiary/aromatic N) is 1. The second kappa shape index (κ2) is 8.69. The lowest BCUT2D eigenvalue weighted by Crippen LogP contribution is -2.17. The van der Waals surface area contributed by atoms with Crippen LogP contribution < -0.4 is 4.90 Å². The first kappa shape index (κ1) is 23.3. The van der Waals surface area contributed by atoms with E-state index in [1.807, 2.05) is 0 Å². The normalized spacial score (nSPS) is 17.9. The Bertz CT molecular complexity index is 1830. The maximum absolute atomic E-state index is 2.52. The summed E-state index contributed by atoms with van der Waals surface area (Å²) >= 11 is 0. The molecule has 5 aromatic carbocycles. The molecule has 1 nitrogen and oxygen atoms in total. The summed E-state index contributed by atoms with van der Waals surface area (Å²) in [6.07, 6.45) is 5.86. The molecule has 0 fully saturated rings. The van der Waals surface area contributed by atoms with Gasteiger partial charge in [-0.1, -0.05) is 111 Å². The van der Waals surface area contributed by atoms with Crippen molar-refractivity contribution in [1.29, 1.82) is 0 Å². The predicted molar refractivity (Wildman–Crippen MR) is 168 cm³/mol. The summed E-state index contributed by atoms with van der Waals surface area (Å²) in [6, 6.07) is 44.5. The van der Waals surface area contributed by atoms with E-state index < -0.39 is 0 Å². The molecule has 0 radical (unpaired) electrons. The van der Waals surface area contributed by atoms with Crippen molar-refractivity contribution in [1.82, 2.24) is 0 Å². The molecule has 1 unspecified atom stereocenters. The molecule has 5 aromatic rings. The molecule has 1 heteroatoms. The lowest BCUT2D eigenvalue weighted by Gasteiger charge is -2.27. The molecule has 3 aliphatic rings. The Labute approximate surface area is 236 Å². The van der Waals surface area contributed by atoms with Gasteiger partial charge in [-0.3, -0.25) is 0 Å². The summed E-state index contributed by atoms with van der Waals surface area (Å²) in [4.78, 5) is 2.52. The number of hydrogen-bond donors (Lipinski definition) is 0. The van der Waals surface area contributed by atoms with Gasteiger partial charge >= 0.3 is 0 Å². The van der Waals surface area contributed by atoms with E-state index in [4.69, 9.17) is 0 Å². The molecule has 0 saturated carbocycles. The van der Waals surface area contributed by atoms with Crippen molar-refractivity contribution in [2.45, 2.75) is 31.6 Å². The predicted octanol–water partition coefficient (Wildman–Crippen LogP) is 10.3. The monoisotopic (exact) mass is 513 g/mol. The van der Waals surface area contributed by atoms with Crippen LogP contribution in [0, 0.1) is 0 Å². The third-order valence-electron chi connectivity index (χ3n) is 9.16. The van der Waals surface area contributed by atoms with Crippen molar-refractivity contribution >= 4 is 16.9 Å². The largest absolute Gasteiger partial charge is 0.313 e. The number of fused-ring (bicyclic) bond motifs is 6. The molecule has 0 bridgehead atoms. The number of hydrogen-bond acceptors (Lipinski definition) is 1. The summed E-state index contributed by atoms with van der Waals surface area (Å²) in [5.74, 6) is 0.351. The highest BCUT2D eigenvalue weighted by Crippen LogP contribution is 2.58. The fourth-order valence-electron chi connectivity index (χ4n) is 7.10. The Morgan fingerprint density at radius 1 is 0.625 bits per heavy atom. The molecule has 0 N–H and O–H groups in total. The SMILES string of the molecule is CC1(C)c2cc(-c3ccccc3)ccc2-c2cc3c(cc21)N(c1ccccc1)C1=CC(c2ccccc2)=CCC13. The van der Waals surface area contributed by atoms with Gasteiger partial charge in [-0.05, 0) is 92.9 Å². The molecule has 1 heterocycles. The van der Waals surface area contributed by atoms with Gasteiger partial charge in [0.25, 0.3) is 0 Å². The van der Waals surface area contributed by atoms with Gasteiger partial charge in [0.1, 0.15) is 0 Å². The fraction of sp³-hybridized carbons (Fsp3) is 0.128. The number of allylic oxidation sites excluding steroid dienone is 4. The summed E-state index contributed by atoms with van der Waals surface area (Å²) in [6.45, 7) is 4.78. The van der Waals surface area contributed by atoms with E-state index in [1.54, 1.807) is 0 Å². The molecular weight excluding hydrogens is 482 g/mol. The second-order valence-corrected chi connectivity index (χ2v) is 11.8.